The maximum atomic E-state index is 12.7. The van der Waals surface area contributed by atoms with Crippen molar-refractivity contribution in [3.05, 3.63) is 16.3 Å². The second-order valence-corrected chi connectivity index (χ2v) is 8.76. The summed E-state index contributed by atoms with van der Waals surface area (Å²) in [5.41, 5.74) is 0. The summed E-state index contributed by atoms with van der Waals surface area (Å²) < 4.78 is 32.1. The van der Waals surface area contributed by atoms with Crippen LogP contribution in [0, 0.1) is 0 Å². The highest BCUT2D eigenvalue weighted by atomic mass is 32.2. The second kappa shape index (κ2) is 7.92. The summed E-state index contributed by atoms with van der Waals surface area (Å²) in [7, 11) is -3.56. The van der Waals surface area contributed by atoms with Crippen molar-refractivity contribution in [2.75, 3.05) is 52.5 Å². The van der Waals surface area contributed by atoms with Gasteiger partial charge in [-0.25, -0.2) is 8.42 Å². The van der Waals surface area contributed by atoms with Gasteiger partial charge in [0, 0.05) is 39.3 Å². The molecule has 2 aliphatic heterocycles. The summed E-state index contributed by atoms with van der Waals surface area (Å²) in [6.45, 7) is 5.49. The molecule has 2 saturated heterocycles. The van der Waals surface area contributed by atoms with Gasteiger partial charge in [-0.2, -0.15) is 4.31 Å². The molecule has 1 aromatic rings. The van der Waals surface area contributed by atoms with Crippen LogP contribution in [0.4, 0.5) is 0 Å². The summed E-state index contributed by atoms with van der Waals surface area (Å²) in [5.74, 6) is -0.309. The molecule has 0 unspecified atom stereocenters. The van der Waals surface area contributed by atoms with E-state index in [4.69, 9.17) is 4.74 Å². The molecule has 0 aromatic carbocycles. The standard InChI is InChI=1S/C15H23N3O4S2/c19-15(16-4-7-17-8-10-22-11-9-17)14-13(3-12-23-14)24(20,21)18-5-1-2-6-18/h3,12H,1-2,4-11H2,(H,16,19). The molecule has 0 saturated carbocycles. The zero-order chi connectivity index (χ0) is 17.0. The first-order chi connectivity index (χ1) is 11.6. The van der Waals surface area contributed by atoms with E-state index >= 15 is 0 Å². The van der Waals surface area contributed by atoms with Crippen molar-refractivity contribution in [2.45, 2.75) is 17.7 Å². The number of hydrogen-bond acceptors (Lipinski definition) is 6. The molecular weight excluding hydrogens is 350 g/mol. The molecule has 3 heterocycles. The van der Waals surface area contributed by atoms with Crippen molar-refractivity contribution >= 4 is 27.3 Å². The SMILES string of the molecule is O=C(NCCN1CCOCC1)c1sccc1S(=O)(=O)N1CCCC1. The fourth-order valence-corrected chi connectivity index (χ4v) is 5.80. The third-order valence-corrected chi connectivity index (χ3v) is 7.32. The van der Waals surface area contributed by atoms with E-state index in [1.807, 2.05) is 0 Å². The Labute approximate surface area is 146 Å². The van der Waals surface area contributed by atoms with E-state index in [0.29, 0.717) is 19.6 Å². The molecule has 1 amide bonds. The largest absolute Gasteiger partial charge is 0.379 e. The normalized spacial score (nSPS) is 20.3. The summed E-state index contributed by atoms with van der Waals surface area (Å²) >= 11 is 1.18. The molecule has 3 rings (SSSR count). The minimum absolute atomic E-state index is 0.137. The summed E-state index contributed by atoms with van der Waals surface area (Å²) in [4.78, 5) is 15.0. The fraction of sp³-hybridized carbons (Fsp3) is 0.667. The van der Waals surface area contributed by atoms with Gasteiger partial charge in [0.15, 0.2) is 0 Å². The minimum atomic E-state index is -3.56. The first-order valence-electron chi connectivity index (χ1n) is 8.25. The number of rotatable bonds is 6. The lowest BCUT2D eigenvalue weighted by Gasteiger charge is -2.26. The van der Waals surface area contributed by atoms with Gasteiger partial charge in [0.1, 0.15) is 9.77 Å². The van der Waals surface area contributed by atoms with Gasteiger partial charge in [-0.15, -0.1) is 11.3 Å². The van der Waals surface area contributed by atoms with Crippen LogP contribution in [-0.4, -0.2) is 76.0 Å². The Balaban J connectivity index is 1.60. The van der Waals surface area contributed by atoms with Crippen LogP contribution in [0.2, 0.25) is 0 Å². The molecule has 0 bridgehead atoms. The maximum absolute atomic E-state index is 12.7. The first-order valence-corrected chi connectivity index (χ1v) is 10.6. The predicted molar refractivity (Wildman–Crippen MR) is 91.9 cm³/mol. The molecular formula is C15H23N3O4S2. The number of ether oxygens (including phenoxy) is 1. The van der Waals surface area contributed by atoms with E-state index < -0.39 is 10.0 Å². The topological polar surface area (TPSA) is 79.0 Å². The molecule has 0 spiro atoms. The highest BCUT2D eigenvalue weighted by Crippen LogP contribution is 2.27. The zero-order valence-corrected chi connectivity index (χ0v) is 15.2. The number of amides is 1. The predicted octanol–water partition coefficient (Wildman–Crippen LogP) is 0.595. The fourth-order valence-electron chi connectivity index (χ4n) is 2.97. The number of nitrogens with zero attached hydrogens (tertiary/aromatic N) is 2. The number of sulfonamides is 1. The molecule has 0 aliphatic carbocycles. The van der Waals surface area contributed by atoms with E-state index in [1.165, 1.54) is 21.7 Å². The lowest BCUT2D eigenvalue weighted by atomic mass is 10.4. The molecule has 1 N–H and O–H groups in total. The molecule has 134 valence electrons. The highest BCUT2D eigenvalue weighted by molar-refractivity contribution is 7.89. The van der Waals surface area contributed by atoms with Gasteiger partial charge in [0.2, 0.25) is 10.0 Å². The number of carbonyl (C=O) groups is 1. The molecule has 0 atom stereocenters. The van der Waals surface area contributed by atoms with Gasteiger partial charge in [-0.3, -0.25) is 9.69 Å². The van der Waals surface area contributed by atoms with Crippen LogP contribution in [-0.2, 0) is 14.8 Å². The lowest BCUT2D eigenvalue weighted by Crippen LogP contribution is -2.41. The van der Waals surface area contributed by atoms with Crippen molar-refractivity contribution in [2.24, 2.45) is 0 Å². The average molecular weight is 374 g/mol. The minimum Gasteiger partial charge on any atom is -0.379 e. The van der Waals surface area contributed by atoms with Gasteiger partial charge >= 0.3 is 0 Å². The smallest absolute Gasteiger partial charge is 0.262 e. The third kappa shape index (κ3) is 3.97. The Morgan fingerprint density at radius 2 is 1.92 bits per heavy atom. The van der Waals surface area contributed by atoms with Crippen molar-refractivity contribution in [1.82, 2.24) is 14.5 Å². The quantitative estimate of drug-likeness (QED) is 0.790. The summed E-state index contributed by atoms with van der Waals surface area (Å²) in [6, 6.07) is 1.54. The summed E-state index contributed by atoms with van der Waals surface area (Å²) in [6.07, 6.45) is 1.76. The number of morpholine rings is 1. The van der Waals surface area contributed by atoms with Crippen LogP contribution in [0.5, 0.6) is 0 Å². The van der Waals surface area contributed by atoms with Crippen LogP contribution in [0.15, 0.2) is 16.3 Å². The third-order valence-electron chi connectivity index (χ3n) is 4.34. The van der Waals surface area contributed by atoms with Crippen LogP contribution >= 0.6 is 11.3 Å². The van der Waals surface area contributed by atoms with E-state index in [2.05, 4.69) is 10.2 Å². The van der Waals surface area contributed by atoms with Crippen LogP contribution in [0.25, 0.3) is 0 Å². The Kier molecular flexibility index (Phi) is 5.88. The number of carbonyl (C=O) groups excluding carboxylic acids is 1. The molecule has 2 fully saturated rings. The number of nitrogens with one attached hydrogen (secondary N) is 1. The lowest BCUT2D eigenvalue weighted by molar-refractivity contribution is 0.0383. The highest BCUT2D eigenvalue weighted by Gasteiger charge is 2.31. The van der Waals surface area contributed by atoms with E-state index in [1.54, 1.807) is 5.38 Å². The first kappa shape index (κ1) is 17.8. The molecule has 1 aromatic heterocycles. The van der Waals surface area contributed by atoms with Gasteiger partial charge in [0.05, 0.1) is 13.2 Å². The van der Waals surface area contributed by atoms with Gasteiger partial charge < -0.3 is 10.1 Å². The number of thiophene rings is 1. The Hall–Kier alpha value is -1.00. The van der Waals surface area contributed by atoms with Crippen molar-refractivity contribution < 1.29 is 17.9 Å². The van der Waals surface area contributed by atoms with Crippen LogP contribution in [0.1, 0.15) is 22.5 Å². The monoisotopic (exact) mass is 373 g/mol. The van der Waals surface area contributed by atoms with Gasteiger partial charge in [0.25, 0.3) is 5.91 Å². The Bertz CT molecular complexity index is 662. The van der Waals surface area contributed by atoms with Crippen LogP contribution in [0.3, 0.4) is 0 Å². The maximum Gasteiger partial charge on any atom is 0.262 e. The van der Waals surface area contributed by atoms with Crippen molar-refractivity contribution in [3.63, 3.8) is 0 Å². The number of hydrogen-bond donors (Lipinski definition) is 1. The van der Waals surface area contributed by atoms with E-state index in [9.17, 15) is 13.2 Å². The average Bonchev–Trinajstić information content (AvgIpc) is 3.28. The second-order valence-electron chi connectivity index (χ2n) is 5.94. The zero-order valence-electron chi connectivity index (χ0n) is 13.6. The molecule has 2 aliphatic rings. The van der Waals surface area contributed by atoms with Crippen LogP contribution < -0.4 is 5.32 Å². The Morgan fingerprint density at radius 1 is 1.21 bits per heavy atom. The van der Waals surface area contributed by atoms with Gasteiger partial charge in [-0.1, -0.05) is 0 Å². The summed E-state index contributed by atoms with van der Waals surface area (Å²) in [5, 5.41) is 4.51. The Morgan fingerprint density at radius 3 is 2.62 bits per heavy atom. The van der Waals surface area contributed by atoms with Crippen molar-refractivity contribution in [1.29, 1.82) is 0 Å². The molecule has 7 nitrogen and oxygen atoms in total. The molecule has 0 radical (unpaired) electrons. The van der Waals surface area contributed by atoms with Gasteiger partial charge in [-0.05, 0) is 24.3 Å². The molecule has 24 heavy (non-hydrogen) atoms. The molecule has 9 heteroatoms. The van der Waals surface area contributed by atoms with Crippen molar-refractivity contribution in [3.8, 4) is 0 Å². The van der Waals surface area contributed by atoms with E-state index in [0.717, 1.165) is 45.7 Å². The van der Waals surface area contributed by atoms with E-state index in [-0.39, 0.29) is 15.7 Å².